The molecule has 1 saturated heterocycles. The van der Waals surface area contributed by atoms with E-state index in [4.69, 9.17) is 4.74 Å². The van der Waals surface area contributed by atoms with Crippen LogP contribution in [0.5, 0.6) is 0 Å². The van der Waals surface area contributed by atoms with E-state index in [-0.39, 0.29) is 0 Å². The molecule has 2 heterocycles. The summed E-state index contributed by atoms with van der Waals surface area (Å²) in [5.41, 5.74) is 0. The van der Waals surface area contributed by atoms with Gasteiger partial charge in [0.15, 0.2) is 0 Å². The van der Waals surface area contributed by atoms with Crippen LogP contribution in [0.2, 0.25) is 0 Å². The molecular weight excluding hydrogens is 228 g/mol. The molecule has 102 valence electrons. The molecule has 5 nitrogen and oxygen atoms in total. The Bertz CT molecular complexity index is 345. The molecule has 18 heavy (non-hydrogen) atoms. The molecule has 1 aliphatic rings. The lowest BCUT2D eigenvalue weighted by atomic mass is 9.97. The summed E-state index contributed by atoms with van der Waals surface area (Å²) in [5.74, 6) is 1.72. The lowest BCUT2D eigenvalue weighted by molar-refractivity contribution is 0.0746. The van der Waals surface area contributed by atoms with E-state index in [0.29, 0.717) is 12.0 Å². The first kappa shape index (κ1) is 13.5. The van der Waals surface area contributed by atoms with Crippen LogP contribution in [-0.2, 0) is 11.3 Å². The second-order valence-corrected chi connectivity index (χ2v) is 5.18. The van der Waals surface area contributed by atoms with E-state index in [1.807, 2.05) is 6.33 Å². The number of hydrogen-bond donors (Lipinski definition) is 1. The van der Waals surface area contributed by atoms with Crippen molar-refractivity contribution < 1.29 is 4.74 Å². The van der Waals surface area contributed by atoms with Gasteiger partial charge in [-0.05, 0) is 46.2 Å². The van der Waals surface area contributed by atoms with Gasteiger partial charge in [-0.1, -0.05) is 0 Å². The average molecular weight is 252 g/mol. The number of ether oxygens (including phenoxy) is 1. The minimum atomic E-state index is 0.315. The number of aromatic nitrogens is 3. The molecule has 2 rings (SSSR count). The number of piperidine rings is 1. The van der Waals surface area contributed by atoms with Crippen molar-refractivity contribution >= 4 is 0 Å². The van der Waals surface area contributed by atoms with Crippen LogP contribution < -0.4 is 5.32 Å². The highest BCUT2D eigenvalue weighted by atomic mass is 16.5. The summed E-state index contributed by atoms with van der Waals surface area (Å²) in [7, 11) is 0. The summed E-state index contributed by atoms with van der Waals surface area (Å²) in [4.78, 5) is 0. The highest BCUT2D eigenvalue weighted by Crippen LogP contribution is 2.23. The molecular formula is C13H24N4O. The predicted molar refractivity (Wildman–Crippen MR) is 70.6 cm³/mol. The third-order valence-electron chi connectivity index (χ3n) is 3.34. The van der Waals surface area contributed by atoms with Crippen LogP contribution in [0, 0.1) is 0 Å². The number of aryl methyl sites for hydroxylation is 1. The predicted octanol–water partition coefficient (Wildman–Crippen LogP) is 1.56. The Morgan fingerprint density at radius 2 is 2.22 bits per heavy atom. The van der Waals surface area contributed by atoms with Crippen molar-refractivity contribution in [2.24, 2.45) is 0 Å². The minimum Gasteiger partial charge on any atom is -0.379 e. The van der Waals surface area contributed by atoms with E-state index in [1.165, 1.54) is 12.8 Å². The minimum absolute atomic E-state index is 0.315. The molecule has 0 unspecified atom stereocenters. The van der Waals surface area contributed by atoms with Gasteiger partial charge in [0.1, 0.15) is 12.2 Å². The van der Waals surface area contributed by atoms with Crippen molar-refractivity contribution in [2.75, 3.05) is 19.7 Å². The zero-order valence-electron chi connectivity index (χ0n) is 11.4. The SMILES string of the molecule is CC(C)OCCCn1cnnc1C1CCNCC1. The monoisotopic (exact) mass is 252 g/mol. The second kappa shape index (κ2) is 6.85. The summed E-state index contributed by atoms with van der Waals surface area (Å²) in [6.07, 6.45) is 5.53. The van der Waals surface area contributed by atoms with Gasteiger partial charge in [0.05, 0.1) is 6.10 Å². The maximum Gasteiger partial charge on any atom is 0.136 e. The second-order valence-electron chi connectivity index (χ2n) is 5.18. The number of nitrogens with zero attached hydrogens (tertiary/aromatic N) is 3. The van der Waals surface area contributed by atoms with E-state index in [1.54, 1.807) is 0 Å². The van der Waals surface area contributed by atoms with Crippen molar-refractivity contribution in [1.29, 1.82) is 0 Å². The van der Waals surface area contributed by atoms with Crippen molar-refractivity contribution in [1.82, 2.24) is 20.1 Å². The zero-order valence-corrected chi connectivity index (χ0v) is 11.4. The van der Waals surface area contributed by atoms with E-state index >= 15 is 0 Å². The molecule has 0 aromatic carbocycles. The molecule has 0 amide bonds. The Morgan fingerprint density at radius 3 is 2.94 bits per heavy atom. The maximum absolute atomic E-state index is 5.56. The summed E-state index contributed by atoms with van der Waals surface area (Å²) >= 11 is 0. The number of nitrogens with one attached hydrogen (secondary N) is 1. The van der Waals surface area contributed by atoms with Crippen LogP contribution in [0.3, 0.4) is 0 Å². The fourth-order valence-electron chi connectivity index (χ4n) is 2.39. The van der Waals surface area contributed by atoms with Gasteiger partial charge in [0.2, 0.25) is 0 Å². The fraction of sp³-hybridized carbons (Fsp3) is 0.846. The molecule has 1 aliphatic heterocycles. The molecule has 0 bridgehead atoms. The van der Waals surface area contributed by atoms with Crippen molar-refractivity contribution in [3.63, 3.8) is 0 Å². The first-order valence-electron chi connectivity index (χ1n) is 6.97. The van der Waals surface area contributed by atoms with Crippen LogP contribution in [-0.4, -0.2) is 40.6 Å². The van der Waals surface area contributed by atoms with E-state index in [2.05, 4.69) is 33.9 Å². The number of rotatable bonds is 6. The van der Waals surface area contributed by atoms with Crippen LogP contribution in [0.15, 0.2) is 6.33 Å². The van der Waals surface area contributed by atoms with Gasteiger partial charge in [0.25, 0.3) is 0 Å². The Labute approximate surface area is 109 Å². The first-order chi connectivity index (χ1) is 8.77. The van der Waals surface area contributed by atoms with Gasteiger partial charge >= 0.3 is 0 Å². The molecule has 0 aliphatic carbocycles. The van der Waals surface area contributed by atoms with Gasteiger partial charge in [-0.15, -0.1) is 10.2 Å². The van der Waals surface area contributed by atoms with Crippen LogP contribution >= 0.6 is 0 Å². The standard InChI is InChI=1S/C13H24N4O/c1-11(2)18-9-3-8-17-10-15-16-13(17)12-4-6-14-7-5-12/h10-12,14H,3-9H2,1-2H3. The van der Waals surface area contributed by atoms with E-state index in [0.717, 1.165) is 38.5 Å². The van der Waals surface area contributed by atoms with Crippen LogP contribution in [0.4, 0.5) is 0 Å². The Kier molecular flexibility index (Phi) is 5.13. The third-order valence-corrected chi connectivity index (χ3v) is 3.34. The summed E-state index contributed by atoms with van der Waals surface area (Å²) in [6, 6.07) is 0. The highest BCUT2D eigenvalue weighted by molar-refractivity contribution is 4.98. The summed E-state index contributed by atoms with van der Waals surface area (Å²) < 4.78 is 7.76. The summed E-state index contributed by atoms with van der Waals surface area (Å²) in [6.45, 7) is 8.08. The maximum atomic E-state index is 5.56. The number of hydrogen-bond acceptors (Lipinski definition) is 4. The molecule has 1 aromatic heterocycles. The topological polar surface area (TPSA) is 52.0 Å². The van der Waals surface area contributed by atoms with E-state index in [9.17, 15) is 0 Å². The molecule has 1 N–H and O–H groups in total. The van der Waals surface area contributed by atoms with Gasteiger partial charge in [-0.2, -0.15) is 0 Å². The molecule has 5 heteroatoms. The molecule has 1 aromatic rings. The highest BCUT2D eigenvalue weighted by Gasteiger charge is 2.20. The normalized spacial score (nSPS) is 17.5. The Hall–Kier alpha value is -0.940. The quantitative estimate of drug-likeness (QED) is 0.781. The largest absolute Gasteiger partial charge is 0.379 e. The molecule has 0 spiro atoms. The molecule has 1 fully saturated rings. The first-order valence-corrected chi connectivity index (χ1v) is 6.97. The average Bonchev–Trinajstić information content (AvgIpc) is 2.84. The smallest absolute Gasteiger partial charge is 0.136 e. The van der Waals surface area contributed by atoms with Crippen molar-refractivity contribution in [2.45, 2.75) is 51.7 Å². The van der Waals surface area contributed by atoms with Gasteiger partial charge in [-0.25, -0.2) is 0 Å². The van der Waals surface area contributed by atoms with Gasteiger partial charge in [0, 0.05) is 19.1 Å². The third kappa shape index (κ3) is 3.78. The van der Waals surface area contributed by atoms with Crippen molar-refractivity contribution in [3.8, 4) is 0 Å². The fourth-order valence-corrected chi connectivity index (χ4v) is 2.39. The lowest BCUT2D eigenvalue weighted by Crippen LogP contribution is -2.28. The van der Waals surface area contributed by atoms with Gasteiger partial charge < -0.3 is 14.6 Å². The lowest BCUT2D eigenvalue weighted by Gasteiger charge is -2.22. The molecule has 0 radical (unpaired) electrons. The zero-order chi connectivity index (χ0) is 12.8. The van der Waals surface area contributed by atoms with Gasteiger partial charge in [-0.3, -0.25) is 0 Å². The molecule has 0 saturated carbocycles. The van der Waals surface area contributed by atoms with E-state index < -0.39 is 0 Å². The van der Waals surface area contributed by atoms with Crippen molar-refractivity contribution in [3.05, 3.63) is 12.2 Å². The van der Waals surface area contributed by atoms with Crippen LogP contribution in [0.25, 0.3) is 0 Å². The Morgan fingerprint density at radius 1 is 1.44 bits per heavy atom. The Balaban J connectivity index is 1.83. The summed E-state index contributed by atoms with van der Waals surface area (Å²) in [5, 5.41) is 11.7. The van der Waals surface area contributed by atoms with Crippen LogP contribution in [0.1, 0.15) is 44.9 Å². The molecule has 0 atom stereocenters.